The number of nitriles is 1. The molecular weight excluding hydrogens is 189 g/mol. The first-order valence-corrected chi connectivity index (χ1v) is 3.18. The number of rotatable bonds is 0. The largest absolute Gasteiger partial charge is 1.00 e. The van der Waals surface area contributed by atoms with Crippen molar-refractivity contribution in [2.45, 2.75) is 0 Å². The van der Waals surface area contributed by atoms with Crippen LogP contribution < -0.4 is 29.6 Å². The zero-order valence-corrected chi connectivity index (χ0v) is 7.52. The van der Waals surface area contributed by atoms with E-state index in [0.717, 1.165) is 0 Å². The first-order valence-electron chi connectivity index (χ1n) is 0.463. The minimum absolute atomic E-state index is 0. The van der Waals surface area contributed by atoms with Gasteiger partial charge in [0.15, 0.2) is 0 Å². The topological polar surface area (TPSA) is 23.8 Å². The zero-order chi connectivity index (χ0) is 5.41. The fraction of sp³-hybridized carbons (Fsp3) is 0. The molecule has 0 spiro atoms. The van der Waals surface area contributed by atoms with Gasteiger partial charge >= 0.3 is 62.6 Å². The summed E-state index contributed by atoms with van der Waals surface area (Å²) in [4.78, 5) is 0. The van der Waals surface area contributed by atoms with Crippen molar-refractivity contribution in [3.63, 3.8) is 0 Å². The van der Waals surface area contributed by atoms with E-state index in [1.54, 1.807) is 0 Å². The SMILES string of the molecule is [BH3-]C#N.[Cl][Ni][Cl].[Na+]. The third-order valence-electron chi connectivity index (χ3n) is 0. The molecule has 0 saturated heterocycles. The summed E-state index contributed by atoms with van der Waals surface area (Å²) in [6.45, 7) is 0. The van der Waals surface area contributed by atoms with Crippen molar-refractivity contribution < 1.29 is 42.2 Å². The van der Waals surface area contributed by atoms with Crippen LogP contribution in [0.2, 0.25) is 0 Å². The Hall–Kier alpha value is 1.63. The molecule has 0 rings (SSSR count). The van der Waals surface area contributed by atoms with Gasteiger partial charge < -0.3 is 0 Å². The molecule has 7 heavy (non-hydrogen) atoms. The molecule has 1 nitrogen and oxygen atoms in total. The smallest absolute Gasteiger partial charge is 1.00 e. The number of nitrogens with zero attached hydrogens (tertiary/aromatic N) is 1. The summed E-state index contributed by atoms with van der Waals surface area (Å²) in [5, 5.41) is 7.43. The third kappa shape index (κ3) is 91.1. The van der Waals surface area contributed by atoms with Gasteiger partial charge in [-0.15, -0.1) is 0 Å². The Kier molecular flexibility index (Phi) is 57.6. The summed E-state index contributed by atoms with van der Waals surface area (Å²) in [6.07, 6.45) is 0. The van der Waals surface area contributed by atoms with Crippen LogP contribution in [0.25, 0.3) is 0 Å². The Morgan fingerprint density at radius 1 is 1.57 bits per heavy atom. The minimum Gasteiger partial charge on any atom is 1.00 e. The van der Waals surface area contributed by atoms with Crippen LogP contribution in [0.1, 0.15) is 0 Å². The molecule has 6 heteroatoms. The molecule has 0 aliphatic rings. The molecule has 0 unspecified atom stereocenters. The van der Waals surface area contributed by atoms with E-state index in [1.807, 2.05) is 5.97 Å². The van der Waals surface area contributed by atoms with Crippen LogP contribution in [-0.4, -0.2) is 7.85 Å². The van der Waals surface area contributed by atoms with Crippen LogP contribution in [-0.2, 0) is 12.7 Å². The van der Waals surface area contributed by atoms with Gasteiger partial charge in [0.2, 0.25) is 0 Å². The van der Waals surface area contributed by atoms with Gasteiger partial charge in [0.25, 0.3) is 0 Å². The second-order valence-corrected chi connectivity index (χ2v) is 1.68. The summed E-state index contributed by atoms with van der Waals surface area (Å²) in [7, 11) is 9.47. The van der Waals surface area contributed by atoms with Gasteiger partial charge in [-0.2, -0.15) is 5.97 Å². The van der Waals surface area contributed by atoms with Gasteiger partial charge in [0.05, 0.1) is 7.85 Å². The van der Waals surface area contributed by atoms with Crippen molar-refractivity contribution in [2.24, 2.45) is 0 Å². The van der Waals surface area contributed by atoms with Crippen LogP contribution in [0.4, 0.5) is 0 Å². The Balaban J connectivity index is -0.0000000400. The Morgan fingerprint density at radius 2 is 1.57 bits per heavy atom. The van der Waals surface area contributed by atoms with Crippen molar-refractivity contribution in [3.8, 4) is 5.97 Å². The van der Waals surface area contributed by atoms with Gasteiger partial charge in [-0.3, -0.25) is 5.26 Å². The minimum atomic E-state index is 0. The maximum absolute atomic E-state index is 7.43. The van der Waals surface area contributed by atoms with Crippen LogP contribution in [0.15, 0.2) is 0 Å². The maximum Gasteiger partial charge on any atom is 1.00 e. The first-order chi connectivity index (χ1) is 2.83. The van der Waals surface area contributed by atoms with Gasteiger partial charge in [-0.25, -0.2) is 0 Å². The zero-order valence-electron chi connectivity index (χ0n) is 3.02. The van der Waals surface area contributed by atoms with Gasteiger partial charge in [-0.05, 0) is 0 Å². The predicted molar refractivity (Wildman–Crippen MR) is 27.3 cm³/mol. The monoisotopic (exact) mass is 191 g/mol. The van der Waals surface area contributed by atoms with Crippen molar-refractivity contribution in [1.82, 2.24) is 0 Å². The molecular formula is CH3BCl2NNaNi. The Morgan fingerprint density at radius 3 is 1.57 bits per heavy atom. The van der Waals surface area contributed by atoms with E-state index in [1.165, 1.54) is 0 Å². The normalized spacial score (nSPS) is 4.29. The van der Waals surface area contributed by atoms with Crippen molar-refractivity contribution >= 4 is 28.2 Å². The molecule has 0 N–H and O–H groups in total. The van der Waals surface area contributed by atoms with Crippen LogP contribution >= 0.6 is 20.4 Å². The molecule has 0 bridgehead atoms. The summed E-state index contributed by atoms with van der Waals surface area (Å²) in [5.41, 5.74) is 0. The van der Waals surface area contributed by atoms with E-state index in [2.05, 4.69) is 0 Å². The fourth-order valence-corrected chi connectivity index (χ4v) is 0. The van der Waals surface area contributed by atoms with E-state index >= 15 is 0 Å². The van der Waals surface area contributed by atoms with E-state index < -0.39 is 0 Å². The average Bonchev–Trinajstić information content (AvgIpc) is 1.39. The van der Waals surface area contributed by atoms with Gasteiger partial charge in [0, 0.05) is 0 Å². The second-order valence-electron chi connectivity index (χ2n) is 0.0452. The molecule has 0 amide bonds. The van der Waals surface area contributed by atoms with E-state index in [-0.39, 0.29) is 37.4 Å². The first kappa shape index (κ1) is 15.8. The Bertz CT molecular complexity index is 47.4. The van der Waals surface area contributed by atoms with Crippen molar-refractivity contribution in [3.05, 3.63) is 0 Å². The second kappa shape index (κ2) is 25.5. The van der Waals surface area contributed by atoms with Crippen LogP contribution in [0.5, 0.6) is 0 Å². The molecule has 0 aromatic heterocycles. The van der Waals surface area contributed by atoms with E-state index in [4.69, 9.17) is 25.7 Å². The van der Waals surface area contributed by atoms with Gasteiger partial charge in [-0.1, -0.05) is 0 Å². The Labute approximate surface area is 80.8 Å². The van der Waals surface area contributed by atoms with Crippen LogP contribution in [0, 0.1) is 11.2 Å². The molecule has 0 radical (unpaired) electrons. The van der Waals surface area contributed by atoms with Gasteiger partial charge in [0.1, 0.15) is 0 Å². The third-order valence-corrected chi connectivity index (χ3v) is 0. The fourth-order valence-electron chi connectivity index (χ4n) is 0. The van der Waals surface area contributed by atoms with Crippen LogP contribution in [0.3, 0.4) is 0 Å². The molecule has 40 valence electrons. The summed E-state index contributed by atoms with van der Waals surface area (Å²) in [6, 6.07) is 0. The molecule has 0 fully saturated rings. The standard InChI is InChI=1S/CH3BN.2ClH.Na.Ni/c2-1-3;;;;/h2H3;2*1H;;/q-1;;;+1;+2/p-2. The molecule has 0 aliphatic carbocycles. The van der Waals surface area contributed by atoms with E-state index in [9.17, 15) is 0 Å². The molecule has 0 saturated carbocycles. The van der Waals surface area contributed by atoms with Crippen molar-refractivity contribution in [2.75, 3.05) is 0 Å². The average molecular weight is 192 g/mol. The molecule has 0 atom stereocenters. The molecule has 0 heterocycles. The number of hydrogen-bond acceptors (Lipinski definition) is 1. The van der Waals surface area contributed by atoms with E-state index in [0.29, 0.717) is 12.7 Å². The predicted octanol–water partition coefficient (Wildman–Crippen LogP) is -2.79. The van der Waals surface area contributed by atoms with Crippen molar-refractivity contribution in [1.29, 1.82) is 5.26 Å². The summed E-state index contributed by atoms with van der Waals surface area (Å²) < 4.78 is 0. The summed E-state index contributed by atoms with van der Waals surface area (Å²) >= 11 is 0.569. The summed E-state index contributed by atoms with van der Waals surface area (Å²) in [5.74, 6) is 2.00. The molecule has 0 aromatic rings. The number of halogens is 2. The molecule has 0 aliphatic heterocycles. The maximum atomic E-state index is 7.43. The number of hydrogen-bond donors (Lipinski definition) is 0. The molecule has 0 aromatic carbocycles. The quantitative estimate of drug-likeness (QED) is 0.381.